The molecule has 0 atom stereocenters. The Balaban J connectivity index is 2.02. The van der Waals surface area contributed by atoms with Crippen LogP contribution in [0.15, 0.2) is 6.20 Å². The number of carbonyl (C=O) groups excluding carboxylic acids is 1. The normalized spacial score (nSPS) is 17.4. The molecule has 1 aliphatic rings. The minimum absolute atomic E-state index is 0.0517. The second kappa shape index (κ2) is 5.16. The van der Waals surface area contributed by atoms with Crippen molar-refractivity contribution < 1.29 is 14.7 Å². The molecule has 0 bridgehead atoms. The summed E-state index contributed by atoms with van der Waals surface area (Å²) in [6, 6.07) is 0. The Morgan fingerprint density at radius 2 is 2.15 bits per heavy atom. The van der Waals surface area contributed by atoms with Crippen LogP contribution in [0.25, 0.3) is 0 Å². The number of hydrogen-bond donors (Lipinski definition) is 2. The summed E-state index contributed by atoms with van der Waals surface area (Å²) in [4.78, 5) is 28.8. The van der Waals surface area contributed by atoms with E-state index in [-0.39, 0.29) is 12.3 Å². The van der Waals surface area contributed by atoms with Crippen molar-refractivity contribution in [2.75, 3.05) is 0 Å². The van der Waals surface area contributed by atoms with E-state index in [4.69, 9.17) is 0 Å². The van der Waals surface area contributed by atoms with Gasteiger partial charge >= 0.3 is 5.97 Å². The van der Waals surface area contributed by atoms with Crippen LogP contribution in [0.4, 0.5) is 0 Å². The summed E-state index contributed by atoms with van der Waals surface area (Å²) in [5.74, 6) is -1.08. The quantitative estimate of drug-likeness (QED) is 0.874. The van der Waals surface area contributed by atoms with Gasteiger partial charge in [0.15, 0.2) is 0 Å². The van der Waals surface area contributed by atoms with Gasteiger partial charge in [0.1, 0.15) is 5.01 Å². The fourth-order valence-corrected chi connectivity index (χ4v) is 3.29. The maximum absolute atomic E-state index is 12.2. The van der Waals surface area contributed by atoms with E-state index in [0.29, 0.717) is 12.8 Å². The zero-order valence-electron chi connectivity index (χ0n) is 12.0. The van der Waals surface area contributed by atoms with Gasteiger partial charge in [0.2, 0.25) is 5.91 Å². The fourth-order valence-electron chi connectivity index (χ4n) is 2.47. The van der Waals surface area contributed by atoms with Gasteiger partial charge in [0, 0.05) is 17.5 Å². The molecule has 1 saturated carbocycles. The maximum Gasteiger partial charge on any atom is 0.310 e. The summed E-state index contributed by atoms with van der Waals surface area (Å²) >= 11 is 1.54. The number of rotatable bonds is 5. The second-order valence-electron chi connectivity index (χ2n) is 6.07. The zero-order chi connectivity index (χ0) is 15.0. The summed E-state index contributed by atoms with van der Waals surface area (Å²) in [6.45, 7) is 5.74. The summed E-state index contributed by atoms with van der Waals surface area (Å²) < 4.78 is 0. The average Bonchev–Trinajstić information content (AvgIpc) is 2.70. The Hall–Kier alpha value is -1.43. The largest absolute Gasteiger partial charge is 0.481 e. The van der Waals surface area contributed by atoms with E-state index in [0.717, 1.165) is 16.3 Å². The van der Waals surface area contributed by atoms with Crippen molar-refractivity contribution in [3.63, 3.8) is 0 Å². The van der Waals surface area contributed by atoms with E-state index in [1.807, 2.05) is 20.8 Å². The van der Waals surface area contributed by atoms with Crippen molar-refractivity contribution in [2.24, 2.45) is 5.41 Å². The average molecular weight is 296 g/mol. The van der Waals surface area contributed by atoms with E-state index in [2.05, 4.69) is 10.3 Å². The lowest BCUT2D eigenvalue weighted by Crippen LogP contribution is -2.47. The van der Waals surface area contributed by atoms with Crippen molar-refractivity contribution in [3.8, 4) is 0 Å². The van der Waals surface area contributed by atoms with Crippen molar-refractivity contribution in [2.45, 2.75) is 52.0 Å². The molecule has 0 radical (unpaired) electrons. The number of aryl methyl sites for hydroxylation is 1. The van der Waals surface area contributed by atoms with E-state index >= 15 is 0 Å². The first-order valence-corrected chi connectivity index (χ1v) is 7.54. The molecule has 1 aliphatic carbocycles. The van der Waals surface area contributed by atoms with E-state index in [1.165, 1.54) is 11.3 Å². The highest BCUT2D eigenvalue weighted by molar-refractivity contribution is 7.11. The Morgan fingerprint density at radius 1 is 1.50 bits per heavy atom. The van der Waals surface area contributed by atoms with Crippen molar-refractivity contribution >= 4 is 23.2 Å². The smallest absolute Gasteiger partial charge is 0.310 e. The van der Waals surface area contributed by atoms with E-state index < -0.39 is 16.9 Å². The van der Waals surface area contributed by atoms with Crippen LogP contribution in [0.5, 0.6) is 0 Å². The van der Waals surface area contributed by atoms with E-state index in [9.17, 15) is 14.7 Å². The third-order valence-corrected chi connectivity index (χ3v) is 5.11. The molecular weight excluding hydrogens is 276 g/mol. The molecule has 0 unspecified atom stereocenters. The van der Waals surface area contributed by atoms with Crippen molar-refractivity contribution in [1.29, 1.82) is 0 Å². The van der Waals surface area contributed by atoms with Gasteiger partial charge in [0.25, 0.3) is 0 Å². The van der Waals surface area contributed by atoms with Gasteiger partial charge in [-0.1, -0.05) is 6.42 Å². The van der Waals surface area contributed by atoms with Crippen LogP contribution in [0.2, 0.25) is 0 Å². The van der Waals surface area contributed by atoms with Crippen LogP contribution in [-0.4, -0.2) is 22.0 Å². The van der Waals surface area contributed by atoms with Gasteiger partial charge in [-0.15, -0.1) is 11.3 Å². The predicted octanol–water partition coefficient (Wildman–Crippen LogP) is 2.45. The van der Waals surface area contributed by atoms with Crippen LogP contribution >= 0.6 is 11.3 Å². The number of carboxylic acid groups (broad SMARTS) is 1. The first-order valence-electron chi connectivity index (χ1n) is 6.72. The second-order valence-corrected chi connectivity index (χ2v) is 7.30. The third kappa shape index (κ3) is 2.85. The monoisotopic (exact) mass is 296 g/mol. The van der Waals surface area contributed by atoms with Crippen LogP contribution in [0.1, 0.15) is 49.4 Å². The molecule has 5 nitrogen and oxygen atoms in total. The molecule has 20 heavy (non-hydrogen) atoms. The maximum atomic E-state index is 12.2. The highest BCUT2D eigenvalue weighted by Crippen LogP contribution is 2.44. The molecule has 6 heteroatoms. The lowest BCUT2D eigenvalue weighted by molar-refractivity contribution is -0.157. The summed E-state index contributed by atoms with van der Waals surface area (Å²) in [5.41, 5.74) is -1.42. The Labute approximate surface area is 122 Å². The highest BCUT2D eigenvalue weighted by atomic mass is 32.1. The van der Waals surface area contributed by atoms with Gasteiger partial charge in [-0.05, 0) is 33.6 Å². The molecule has 0 spiro atoms. The predicted molar refractivity (Wildman–Crippen MR) is 76.6 cm³/mol. The number of nitrogens with one attached hydrogen (secondary N) is 1. The number of amides is 1. The number of aliphatic carboxylic acids is 1. The van der Waals surface area contributed by atoms with Gasteiger partial charge in [-0.2, -0.15) is 0 Å². The Kier molecular flexibility index (Phi) is 3.86. The number of aromatic nitrogens is 1. The van der Waals surface area contributed by atoms with Crippen LogP contribution in [0, 0.1) is 12.3 Å². The number of thiazole rings is 1. The fraction of sp³-hybridized carbons (Fsp3) is 0.643. The third-order valence-electron chi connectivity index (χ3n) is 3.87. The minimum Gasteiger partial charge on any atom is -0.481 e. The summed E-state index contributed by atoms with van der Waals surface area (Å²) in [5, 5.41) is 13.0. The molecule has 1 heterocycles. The molecule has 0 saturated heterocycles. The molecule has 1 aromatic rings. The van der Waals surface area contributed by atoms with Crippen LogP contribution in [0.3, 0.4) is 0 Å². The van der Waals surface area contributed by atoms with Gasteiger partial charge in [0.05, 0.1) is 11.0 Å². The number of carbonyl (C=O) groups is 2. The highest BCUT2D eigenvalue weighted by Gasteiger charge is 2.46. The van der Waals surface area contributed by atoms with E-state index in [1.54, 1.807) is 6.20 Å². The minimum atomic E-state index is -0.859. The molecule has 2 N–H and O–H groups in total. The van der Waals surface area contributed by atoms with Crippen molar-refractivity contribution in [3.05, 3.63) is 16.1 Å². The zero-order valence-corrected chi connectivity index (χ0v) is 12.8. The molecule has 0 aliphatic heterocycles. The van der Waals surface area contributed by atoms with Gasteiger partial charge < -0.3 is 10.4 Å². The molecule has 0 aromatic carbocycles. The standard InChI is InChI=1S/C14H20N2O3S/c1-9-8-15-11(20-9)13(2,3)16-10(17)7-14(12(18)19)5-4-6-14/h8H,4-7H2,1-3H3,(H,16,17)(H,18,19). The summed E-state index contributed by atoms with van der Waals surface area (Å²) in [7, 11) is 0. The molecule has 1 amide bonds. The molecule has 2 rings (SSSR count). The Morgan fingerprint density at radius 3 is 2.55 bits per heavy atom. The first kappa shape index (κ1) is 15.0. The molecule has 1 fully saturated rings. The lowest BCUT2D eigenvalue weighted by Gasteiger charge is -2.37. The SMILES string of the molecule is Cc1cnc(C(C)(C)NC(=O)CC2(C(=O)O)CCC2)s1. The number of hydrogen-bond acceptors (Lipinski definition) is 4. The lowest BCUT2D eigenvalue weighted by atomic mass is 9.66. The Bertz CT molecular complexity index is 532. The van der Waals surface area contributed by atoms with Crippen LogP contribution in [-0.2, 0) is 15.1 Å². The topological polar surface area (TPSA) is 79.3 Å². The van der Waals surface area contributed by atoms with Gasteiger partial charge in [-0.25, -0.2) is 4.98 Å². The van der Waals surface area contributed by atoms with Crippen LogP contribution < -0.4 is 5.32 Å². The summed E-state index contributed by atoms with van der Waals surface area (Å²) in [6.07, 6.45) is 3.89. The number of carboxylic acids is 1. The molecule has 110 valence electrons. The molecular formula is C14H20N2O3S. The van der Waals surface area contributed by atoms with Gasteiger partial charge in [-0.3, -0.25) is 9.59 Å². The number of nitrogens with zero attached hydrogens (tertiary/aromatic N) is 1. The van der Waals surface area contributed by atoms with Crippen molar-refractivity contribution in [1.82, 2.24) is 10.3 Å². The molecule has 1 aromatic heterocycles. The first-order chi connectivity index (χ1) is 9.25.